The van der Waals surface area contributed by atoms with Crippen molar-refractivity contribution in [3.05, 3.63) is 30.0 Å². The Balaban J connectivity index is 1.52. The molecule has 2 aromatic rings. The quantitative estimate of drug-likeness (QED) is 0.415. The largest absolute Gasteiger partial charge is 0.496 e. The number of fused-ring (bicyclic) bond motifs is 1. The number of ether oxygens (including phenoxy) is 1. The van der Waals surface area contributed by atoms with Gasteiger partial charge in [0.15, 0.2) is 0 Å². The summed E-state index contributed by atoms with van der Waals surface area (Å²) in [5, 5.41) is 17.9. The van der Waals surface area contributed by atoms with E-state index in [4.69, 9.17) is 4.74 Å². The Morgan fingerprint density at radius 2 is 2.19 bits per heavy atom. The molecule has 0 radical (unpaired) electrons. The van der Waals surface area contributed by atoms with Gasteiger partial charge in [-0.15, -0.1) is 0 Å². The van der Waals surface area contributed by atoms with Crippen molar-refractivity contribution in [2.24, 2.45) is 5.92 Å². The van der Waals surface area contributed by atoms with Gasteiger partial charge in [0.2, 0.25) is 11.8 Å². The van der Waals surface area contributed by atoms with Gasteiger partial charge in [-0.25, -0.2) is 0 Å². The number of aromatic amines is 1. The topological polar surface area (TPSA) is 136 Å². The van der Waals surface area contributed by atoms with Crippen LogP contribution >= 0.6 is 0 Å². The molecule has 1 aliphatic rings. The van der Waals surface area contributed by atoms with E-state index in [0.717, 1.165) is 17.3 Å². The number of nitrogens with zero attached hydrogens (tertiary/aromatic N) is 1. The highest BCUT2D eigenvalue weighted by Gasteiger charge is 2.34. The molecule has 1 fully saturated rings. The van der Waals surface area contributed by atoms with Gasteiger partial charge in [-0.2, -0.15) is 5.26 Å². The summed E-state index contributed by atoms with van der Waals surface area (Å²) in [7, 11) is 5.46. The predicted octanol–water partition coefficient (Wildman–Crippen LogP) is -1.25. The molecule has 1 saturated heterocycles. The maximum absolute atomic E-state index is 12.4. The first-order valence-corrected chi connectivity index (χ1v) is 10.2. The first-order chi connectivity index (χ1) is 14.7. The molecular weight excluding hydrogens is 396 g/mol. The number of H-pyrrole nitrogens is 1. The van der Waals surface area contributed by atoms with Crippen LogP contribution < -0.4 is 20.7 Å². The zero-order valence-electron chi connectivity index (χ0n) is 17.9. The highest BCUT2D eigenvalue weighted by atomic mass is 16.5. The summed E-state index contributed by atoms with van der Waals surface area (Å²) in [6.07, 6.45) is 1.70. The first-order valence-electron chi connectivity index (χ1n) is 10.2. The van der Waals surface area contributed by atoms with Crippen molar-refractivity contribution in [3.8, 4) is 11.8 Å². The molecule has 0 aliphatic carbocycles. The Labute approximate surface area is 182 Å². The zero-order chi connectivity index (χ0) is 22.6. The summed E-state index contributed by atoms with van der Waals surface area (Å²) in [5.41, 5.74) is 1.04. The second-order valence-corrected chi connectivity index (χ2v) is 8.38. The van der Waals surface area contributed by atoms with Gasteiger partial charge in [-0.3, -0.25) is 14.4 Å². The summed E-state index contributed by atoms with van der Waals surface area (Å²) in [4.78, 5) is 39.9. The monoisotopic (exact) mass is 421 g/mol. The molecule has 2 heterocycles. The first kappa shape index (κ1) is 22.3. The maximum atomic E-state index is 12.4. The minimum Gasteiger partial charge on any atom is -0.496 e. The van der Waals surface area contributed by atoms with Crippen LogP contribution in [0, 0.1) is 17.2 Å². The summed E-state index contributed by atoms with van der Waals surface area (Å²) >= 11 is 0. The van der Waals surface area contributed by atoms with Crippen LogP contribution in [0.2, 0.25) is 0 Å². The molecule has 0 unspecified atom stereocenters. The number of benzene rings is 1. The van der Waals surface area contributed by atoms with Gasteiger partial charge in [0.1, 0.15) is 33.2 Å². The lowest BCUT2D eigenvalue weighted by atomic mass is 9.57. The van der Waals surface area contributed by atoms with Crippen molar-refractivity contribution < 1.29 is 19.1 Å². The number of rotatable bonds is 7. The van der Waals surface area contributed by atoms with Gasteiger partial charge in [0.25, 0.3) is 5.91 Å². The van der Waals surface area contributed by atoms with E-state index in [1.54, 1.807) is 19.2 Å². The highest BCUT2D eigenvalue weighted by molar-refractivity contribution is 6.41. The number of methoxy groups -OCH3 is 1. The molecular formula is C20H25B2N5O4. The second kappa shape index (κ2) is 9.16. The fourth-order valence-electron chi connectivity index (χ4n) is 3.75. The normalized spacial score (nSPS) is 18.5. The van der Waals surface area contributed by atoms with E-state index in [1.165, 1.54) is 0 Å². The Hall–Kier alpha value is -3.41. The standard InChI is InChI=1S/C20H25B2N5O4/c1-31-16-4-2-3-14-13(16)8-15(26-14)19(30)24-10-17(28)25-12(9-23)7-11-5-6-20(21,22)27-18(11)29/h2-4,8,11-12,26H,5-7,10,21-22H2,1H3,(H,24,30)(H,25,28)(H,27,29)/t11-,12-/m0/s1. The summed E-state index contributed by atoms with van der Waals surface area (Å²) in [6.45, 7) is -0.284. The summed E-state index contributed by atoms with van der Waals surface area (Å²) in [6, 6.07) is 8.30. The number of hydrogen-bond acceptors (Lipinski definition) is 5. The van der Waals surface area contributed by atoms with E-state index in [1.807, 2.05) is 33.9 Å². The minimum absolute atomic E-state index is 0.103. The third-order valence-corrected chi connectivity index (χ3v) is 5.46. The Morgan fingerprint density at radius 1 is 1.42 bits per heavy atom. The Kier molecular flexibility index (Phi) is 6.59. The molecule has 4 N–H and O–H groups in total. The SMILES string of the molecule is BC1(B)CC[C@@H](C[C@@H](C#N)NC(=O)CNC(=O)c2cc3c(OC)cccc3[nH]2)C(=O)N1. The number of nitrogens with one attached hydrogen (secondary N) is 4. The molecule has 1 aromatic carbocycles. The van der Waals surface area contributed by atoms with Crippen molar-refractivity contribution in [1.29, 1.82) is 5.26 Å². The smallest absolute Gasteiger partial charge is 0.268 e. The van der Waals surface area contributed by atoms with Crippen molar-refractivity contribution in [3.63, 3.8) is 0 Å². The van der Waals surface area contributed by atoms with Gasteiger partial charge in [0, 0.05) is 16.8 Å². The van der Waals surface area contributed by atoms with Gasteiger partial charge >= 0.3 is 0 Å². The van der Waals surface area contributed by atoms with E-state index >= 15 is 0 Å². The van der Waals surface area contributed by atoms with Gasteiger partial charge < -0.3 is 25.7 Å². The molecule has 3 amide bonds. The molecule has 11 heteroatoms. The van der Waals surface area contributed by atoms with Crippen molar-refractivity contribution in [2.75, 3.05) is 13.7 Å². The Bertz CT molecular complexity index is 1050. The van der Waals surface area contributed by atoms with E-state index in [-0.39, 0.29) is 30.1 Å². The lowest BCUT2D eigenvalue weighted by Gasteiger charge is -2.36. The van der Waals surface area contributed by atoms with Crippen LogP contribution in [0.15, 0.2) is 24.3 Å². The highest BCUT2D eigenvalue weighted by Crippen LogP contribution is 2.26. The summed E-state index contributed by atoms with van der Waals surface area (Å²) in [5.74, 6) is -0.735. The van der Waals surface area contributed by atoms with Crippen molar-refractivity contribution in [2.45, 2.75) is 30.6 Å². The van der Waals surface area contributed by atoms with E-state index in [9.17, 15) is 19.6 Å². The van der Waals surface area contributed by atoms with E-state index in [0.29, 0.717) is 17.9 Å². The number of nitriles is 1. The van der Waals surface area contributed by atoms with Gasteiger partial charge in [-0.1, -0.05) is 6.07 Å². The molecule has 0 bridgehead atoms. The number of piperidine rings is 1. The number of hydrogen-bond donors (Lipinski definition) is 4. The van der Waals surface area contributed by atoms with Crippen LogP contribution in [0.4, 0.5) is 0 Å². The molecule has 160 valence electrons. The second-order valence-electron chi connectivity index (χ2n) is 8.38. The minimum atomic E-state index is -0.807. The zero-order valence-corrected chi connectivity index (χ0v) is 17.9. The van der Waals surface area contributed by atoms with Crippen LogP contribution in [0.1, 0.15) is 29.8 Å². The molecule has 1 aromatic heterocycles. The van der Waals surface area contributed by atoms with Crippen LogP contribution in [-0.4, -0.2) is 63.4 Å². The third-order valence-electron chi connectivity index (χ3n) is 5.46. The average Bonchev–Trinajstić information content (AvgIpc) is 3.17. The molecule has 0 spiro atoms. The summed E-state index contributed by atoms with van der Waals surface area (Å²) < 4.78 is 5.28. The van der Waals surface area contributed by atoms with Gasteiger partial charge in [0.05, 0.1) is 19.7 Å². The molecule has 0 saturated carbocycles. The molecule has 3 rings (SSSR count). The number of carbonyl (C=O) groups excluding carboxylic acids is 3. The van der Waals surface area contributed by atoms with Crippen LogP contribution in [0.5, 0.6) is 5.75 Å². The molecule has 2 atom stereocenters. The molecule has 31 heavy (non-hydrogen) atoms. The fourth-order valence-corrected chi connectivity index (χ4v) is 3.75. The van der Waals surface area contributed by atoms with Crippen LogP contribution in [0.3, 0.4) is 0 Å². The number of amides is 3. The third kappa shape index (κ3) is 5.40. The predicted molar refractivity (Wildman–Crippen MR) is 120 cm³/mol. The van der Waals surface area contributed by atoms with E-state index in [2.05, 4.69) is 20.9 Å². The molecule has 9 nitrogen and oxygen atoms in total. The number of carbonyl (C=O) groups is 3. The van der Waals surface area contributed by atoms with Crippen LogP contribution in [-0.2, 0) is 9.59 Å². The van der Waals surface area contributed by atoms with Crippen molar-refractivity contribution >= 4 is 44.3 Å². The Morgan fingerprint density at radius 3 is 2.87 bits per heavy atom. The van der Waals surface area contributed by atoms with Gasteiger partial charge in [-0.05, 0) is 42.8 Å². The number of aromatic nitrogens is 1. The van der Waals surface area contributed by atoms with Crippen LogP contribution in [0.25, 0.3) is 10.9 Å². The average molecular weight is 421 g/mol. The lowest BCUT2D eigenvalue weighted by molar-refractivity contribution is -0.128. The fraction of sp³-hybridized carbons (Fsp3) is 0.400. The molecule has 1 aliphatic heterocycles. The van der Waals surface area contributed by atoms with Crippen molar-refractivity contribution in [1.82, 2.24) is 20.9 Å². The van der Waals surface area contributed by atoms with E-state index < -0.39 is 17.9 Å². The maximum Gasteiger partial charge on any atom is 0.268 e. The lowest BCUT2D eigenvalue weighted by Crippen LogP contribution is -2.56.